The summed E-state index contributed by atoms with van der Waals surface area (Å²) >= 11 is 5.91. The number of halogens is 2. The number of nitrogens with zero attached hydrogens (tertiary/aromatic N) is 1. The van der Waals surface area contributed by atoms with E-state index in [2.05, 4.69) is 5.32 Å². The first kappa shape index (κ1) is 19.8. The number of nitrogens with one attached hydrogen (secondary N) is 1. The Balaban J connectivity index is 1.53. The van der Waals surface area contributed by atoms with E-state index in [4.69, 9.17) is 16.3 Å². The van der Waals surface area contributed by atoms with Crippen molar-refractivity contribution in [3.8, 4) is 0 Å². The van der Waals surface area contributed by atoms with Gasteiger partial charge in [-0.2, -0.15) is 0 Å². The normalized spacial score (nSPS) is 16.2. The molecule has 1 saturated heterocycles. The zero-order valence-electron chi connectivity index (χ0n) is 15.1. The summed E-state index contributed by atoms with van der Waals surface area (Å²) in [5.74, 6) is -2.48. The quantitative estimate of drug-likeness (QED) is 0.776. The number of carbonyl (C=O) groups excluding carboxylic acids is 3. The highest BCUT2D eigenvalue weighted by Crippen LogP contribution is 2.26. The fourth-order valence-corrected chi connectivity index (χ4v) is 3.08. The summed E-state index contributed by atoms with van der Waals surface area (Å²) in [5.41, 5.74) is 1.86. The van der Waals surface area contributed by atoms with Gasteiger partial charge in [0, 0.05) is 29.4 Å². The Hall–Kier alpha value is -2.93. The van der Waals surface area contributed by atoms with Gasteiger partial charge in [0.15, 0.2) is 6.61 Å². The smallest absolute Gasteiger partial charge is 0.311 e. The third kappa shape index (κ3) is 4.67. The molecule has 0 unspecified atom stereocenters. The van der Waals surface area contributed by atoms with Crippen LogP contribution in [0.4, 0.5) is 15.8 Å². The lowest BCUT2D eigenvalue weighted by molar-refractivity contribution is -0.151. The van der Waals surface area contributed by atoms with Gasteiger partial charge in [-0.15, -0.1) is 0 Å². The Morgan fingerprint density at radius 2 is 1.96 bits per heavy atom. The van der Waals surface area contributed by atoms with E-state index in [0.717, 1.165) is 5.56 Å². The summed E-state index contributed by atoms with van der Waals surface area (Å²) in [5, 5.41) is 3.11. The third-order valence-corrected chi connectivity index (χ3v) is 4.65. The van der Waals surface area contributed by atoms with Crippen molar-refractivity contribution in [1.29, 1.82) is 0 Å². The van der Waals surface area contributed by atoms with Crippen molar-refractivity contribution < 1.29 is 23.5 Å². The molecule has 1 fully saturated rings. The molecule has 0 spiro atoms. The van der Waals surface area contributed by atoms with Crippen LogP contribution in [0.25, 0.3) is 0 Å². The van der Waals surface area contributed by atoms with Crippen molar-refractivity contribution in [3.05, 3.63) is 58.9 Å². The summed E-state index contributed by atoms with van der Waals surface area (Å²) in [7, 11) is 0. The van der Waals surface area contributed by atoms with Crippen LogP contribution >= 0.6 is 11.6 Å². The van der Waals surface area contributed by atoms with Crippen LogP contribution in [0.2, 0.25) is 5.02 Å². The number of rotatable bonds is 5. The summed E-state index contributed by atoms with van der Waals surface area (Å²) in [6.07, 6.45) is -0.0226. The second-order valence-electron chi connectivity index (χ2n) is 6.50. The fourth-order valence-electron chi connectivity index (χ4n) is 2.91. The topological polar surface area (TPSA) is 75.7 Å². The van der Waals surface area contributed by atoms with Crippen molar-refractivity contribution in [2.45, 2.75) is 13.3 Å². The molecule has 146 valence electrons. The van der Waals surface area contributed by atoms with E-state index in [1.54, 1.807) is 18.2 Å². The summed E-state index contributed by atoms with van der Waals surface area (Å²) < 4.78 is 18.1. The summed E-state index contributed by atoms with van der Waals surface area (Å²) in [6, 6.07) is 10.5. The Morgan fingerprint density at radius 3 is 2.68 bits per heavy atom. The van der Waals surface area contributed by atoms with Crippen LogP contribution in [-0.2, 0) is 19.1 Å². The maximum absolute atomic E-state index is 13.0. The maximum Gasteiger partial charge on any atom is 0.311 e. The molecule has 2 aromatic carbocycles. The molecule has 2 amide bonds. The second-order valence-corrected chi connectivity index (χ2v) is 6.93. The van der Waals surface area contributed by atoms with Crippen molar-refractivity contribution in [1.82, 2.24) is 0 Å². The van der Waals surface area contributed by atoms with E-state index < -0.39 is 30.2 Å². The highest BCUT2D eigenvalue weighted by molar-refractivity contribution is 6.31. The monoisotopic (exact) mass is 404 g/mol. The van der Waals surface area contributed by atoms with Gasteiger partial charge in [-0.3, -0.25) is 14.4 Å². The SMILES string of the molecule is Cc1ccc(Cl)cc1NC(=O)COC(=O)[C@@H]1CC(=O)N(c2ccc(F)cc2)C1. The maximum atomic E-state index is 13.0. The lowest BCUT2D eigenvalue weighted by Crippen LogP contribution is -2.28. The summed E-state index contributed by atoms with van der Waals surface area (Å²) in [6.45, 7) is 1.47. The minimum Gasteiger partial charge on any atom is -0.455 e. The van der Waals surface area contributed by atoms with Crippen LogP contribution in [0.1, 0.15) is 12.0 Å². The number of hydrogen-bond acceptors (Lipinski definition) is 4. The van der Waals surface area contributed by atoms with Gasteiger partial charge in [0.1, 0.15) is 5.82 Å². The number of ether oxygens (including phenoxy) is 1. The standard InChI is InChI=1S/C20H18ClFN2O4/c1-12-2-3-14(21)9-17(12)23-18(25)11-28-20(27)13-8-19(26)24(10-13)16-6-4-15(22)5-7-16/h2-7,9,13H,8,10-11H2,1H3,(H,23,25)/t13-/m1/s1. The van der Waals surface area contributed by atoms with Gasteiger partial charge in [-0.05, 0) is 48.9 Å². The highest BCUT2D eigenvalue weighted by Gasteiger charge is 2.36. The molecule has 8 heteroatoms. The Morgan fingerprint density at radius 1 is 1.25 bits per heavy atom. The molecule has 0 saturated carbocycles. The molecular formula is C20H18ClFN2O4. The van der Waals surface area contributed by atoms with Crippen LogP contribution in [0.15, 0.2) is 42.5 Å². The van der Waals surface area contributed by atoms with Crippen LogP contribution in [0.5, 0.6) is 0 Å². The van der Waals surface area contributed by atoms with E-state index in [0.29, 0.717) is 16.4 Å². The van der Waals surface area contributed by atoms with Crippen molar-refractivity contribution >= 4 is 40.8 Å². The molecular weight excluding hydrogens is 387 g/mol. The van der Waals surface area contributed by atoms with E-state index in [1.165, 1.54) is 29.2 Å². The average molecular weight is 405 g/mol. The zero-order chi connectivity index (χ0) is 20.3. The Bertz CT molecular complexity index is 917. The van der Waals surface area contributed by atoms with Gasteiger partial charge < -0.3 is 15.0 Å². The highest BCUT2D eigenvalue weighted by atomic mass is 35.5. The summed E-state index contributed by atoms with van der Waals surface area (Å²) in [4.78, 5) is 37.8. The molecule has 1 atom stereocenters. The van der Waals surface area contributed by atoms with Crippen molar-refractivity contribution in [2.75, 3.05) is 23.4 Å². The van der Waals surface area contributed by atoms with Gasteiger partial charge in [0.2, 0.25) is 5.91 Å². The zero-order valence-corrected chi connectivity index (χ0v) is 15.8. The van der Waals surface area contributed by atoms with Gasteiger partial charge in [-0.25, -0.2) is 4.39 Å². The molecule has 1 aliphatic heterocycles. The Labute approximate surface area is 166 Å². The molecule has 0 bridgehead atoms. The largest absolute Gasteiger partial charge is 0.455 e. The fraction of sp³-hybridized carbons (Fsp3) is 0.250. The second kappa shape index (κ2) is 8.39. The molecule has 0 aliphatic carbocycles. The van der Waals surface area contributed by atoms with E-state index >= 15 is 0 Å². The lowest BCUT2D eigenvalue weighted by atomic mass is 10.1. The first-order valence-corrected chi connectivity index (χ1v) is 9.00. The predicted octanol–water partition coefficient (Wildman–Crippen LogP) is 3.32. The van der Waals surface area contributed by atoms with Gasteiger partial charge in [0.25, 0.3) is 5.91 Å². The molecule has 0 radical (unpaired) electrons. The molecule has 1 N–H and O–H groups in total. The molecule has 2 aromatic rings. The first-order valence-electron chi connectivity index (χ1n) is 8.62. The van der Waals surface area contributed by atoms with Gasteiger partial charge in [-0.1, -0.05) is 17.7 Å². The number of anilines is 2. The lowest BCUT2D eigenvalue weighted by Gasteiger charge is -2.16. The van der Waals surface area contributed by atoms with Gasteiger partial charge in [0.05, 0.1) is 5.92 Å². The van der Waals surface area contributed by atoms with Crippen molar-refractivity contribution in [3.63, 3.8) is 0 Å². The van der Waals surface area contributed by atoms with Crippen molar-refractivity contribution in [2.24, 2.45) is 5.92 Å². The third-order valence-electron chi connectivity index (χ3n) is 4.42. The minimum atomic E-state index is -0.682. The number of amides is 2. The number of hydrogen-bond donors (Lipinski definition) is 1. The van der Waals surface area contributed by atoms with E-state index in [9.17, 15) is 18.8 Å². The Kier molecular flexibility index (Phi) is 5.94. The minimum absolute atomic E-state index is 0.0226. The van der Waals surface area contributed by atoms with Crippen LogP contribution in [-0.4, -0.2) is 30.9 Å². The molecule has 1 aliphatic rings. The van der Waals surface area contributed by atoms with Crippen LogP contribution < -0.4 is 10.2 Å². The molecule has 0 aromatic heterocycles. The van der Waals surface area contributed by atoms with Gasteiger partial charge >= 0.3 is 5.97 Å². The number of aryl methyl sites for hydroxylation is 1. The molecule has 1 heterocycles. The first-order chi connectivity index (χ1) is 13.3. The number of benzene rings is 2. The molecule has 6 nitrogen and oxygen atoms in total. The van der Waals surface area contributed by atoms with Crippen LogP contribution in [0, 0.1) is 18.7 Å². The molecule has 28 heavy (non-hydrogen) atoms. The average Bonchev–Trinajstić information content (AvgIpc) is 3.05. The number of carbonyl (C=O) groups is 3. The van der Waals surface area contributed by atoms with E-state index in [-0.39, 0.29) is 18.9 Å². The van der Waals surface area contributed by atoms with Crippen LogP contribution in [0.3, 0.4) is 0 Å². The predicted molar refractivity (Wildman–Crippen MR) is 103 cm³/mol. The van der Waals surface area contributed by atoms with E-state index in [1.807, 2.05) is 6.92 Å². The molecule has 3 rings (SSSR count). The number of esters is 1.